The molecule has 0 atom stereocenters. The Kier molecular flexibility index (Phi) is 4.10. The smallest absolute Gasteiger partial charge is 0.408 e. The largest absolute Gasteiger partial charge is 0.464 e. The summed E-state index contributed by atoms with van der Waals surface area (Å²) < 4.78 is 55.9. The van der Waals surface area contributed by atoms with Gasteiger partial charge in [-0.05, 0) is 12.1 Å². The number of hydrogen-bond acceptors (Lipinski definition) is 4. The van der Waals surface area contributed by atoms with Gasteiger partial charge in [-0.3, -0.25) is 9.48 Å². The minimum atomic E-state index is -4.68. The maximum Gasteiger partial charge on any atom is 0.408 e. The molecule has 0 aliphatic heterocycles. The van der Waals surface area contributed by atoms with E-state index in [4.69, 9.17) is 11.6 Å². The Bertz CT molecular complexity index is 817. The molecule has 118 valence electrons. The standard InChI is InChI=1S/C12H7ClF4N2O3/c1-22-11(21)9-10(20)5-2-7(14)6(13)3-8(5)19(18-9)4-12(15,16)17/h2-3H,4H2,1H3. The number of nitrogens with zero attached hydrogens (tertiary/aromatic N) is 2. The molecule has 0 fully saturated rings. The molecule has 5 nitrogen and oxygen atoms in total. The summed E-state index contributed by atoms with van der Waals surface area (Å²) in [4.78, 5) is 23.5. The average molecular weight is 339 g/mol. The number of carbonyl (C=O) groups is 1. The molecule has 22 heavy (non-hydrogen) atoms. The molecule has 0 radical (unpaired) electrons. The number of carbonyl (C=O) groups excluding carboxylic acids is 1. The van der Waals surface area contributed by atoms with E-state index in [-0.39, 0.29) is 5.52 Å². The van der Waals surface area contributed by atoms with Crippen molar-refractivity contribution in [2.24, 2.45) is 0 Å². The number of alkyl halides is 3. The first-order valence-corrected chi connectivity index (χ1v) is 6.07. The van der Waals surface area contributed by atoms with Crippen molar-refractivity contribution in [2.75, 3.05) is 7.11 Å². The summed E-state index contributed by atoms with van der Waals surface area (Å²) >= 11 is 5.52. The highest BCUT2D eigenvalue weighted by Gasteiger charge is 2.30. The second-order valence-corrected chi connectivity index (χ2v) is 4.63. The summed E-state index contributed by atoms with van der Waals surface area (Å²) in [6, 6.07) is 1.49. The van der Waals surface area contributed by atoms with Gasteiger partial charge in [0, 0.05) is 0 Å². The minimum absolute atomic E-state index is 0.346. The molecule has 1 heterocycles. The fourth-order valence-corrected chi connectivity index (χ4v) is 1.96. The van der Waals surface area contributed by atoms with Crippen LogP contribution in [0.15, 0.2) is 16.9 Å². The molecule has 2 aromatic rings. The monoisotopic (exact) mass is 338 g/mol. The zero-order chi connectivity index (χ0) is 16.7. The van der Waals surface area contributed by atoms with Gasteiger partial charge in [-0.15, -0.1) is 0 Å². The molecule has 0 spiro atoms. The van der Waals surface area contributed by atoms with Crippen molar-refractivity contribution in [3.8, 4) is 0 Å². The van der Waals surface area contributed by atoms with Crippen LogP contribution in [0.2, 0.25) is 5.02 Å². The first-order chi connectivity index (χ1) is 10.1. The highest BCUT2D eigenvalue weighted by Crippen LogP contribution is 2.24. The van der Waals surface area contributed by atoms with Gasteiger partial charge in [-0.1, -0.05) is 11.6 Å². The van der Waals surface area contributed by atoms with Gasteiger partial charge in [0.25, 0.3) is 0 Å². The van der Waals surface area contributed by atoms with Gasteiger partial charge in [-0.2, -0.15) is 18.3 Å². The van der Waals surface area contributed by atoms with Crippen LogP contribution in [0.3, 0.4) is 0 Å². The van der Waals surface area contributed by atoms with Crippen LogP contribution in [0, 0.1) is 5.82 Å². The van der Waals surface area contributed by atoms with Gasteiger partial charge in [-0.25, -0.2) is 9.18 Å². The third-order valence-corrected chi connectivity index (χ3v) is 2.99. The van der Waals surface area contributed by atoms with Gasteiger partial charge in [0.05, 0.1) is 23.0 Å². The predicted molar refractivity (Wildman–Crippen MR) is 68.4 cm³/mol. The number of benzene rings is 1. The number of fused-ring (bicyclic) bond motifs is 1. The van der Waals surface area contributed by atoms with E-state index in [2.05, 4.69) is 9.84 Å². The number of aromatic nitrogens is 2. The van der Waals surface area contributed by atoms with E-state index in [0.29, 0.717) is 10.7 Å². The zero-order valence-corrected chi connectivity index (χ0v) is 11.6. The maximum absolute atomic E-state index is 13.5. The molecule has 0 saturated heterocycles. The van der Waals surface area contributed by atoms with Gasteiger partial charge >= 0.3 is 12.1 Å². The molecule has 0 bridgehead atoms. The summed E-state index contributed by atoms with van der Waals surface area (Å²) in [5.74, 6) is -2.23. The molecule has 0 N–H and O–H groups in total. The first-order valence-electron chi connectivity index (χ1n) is 5.69. The maximum atomic E-state index is 13.5. The van der Waals surface area contributed by atoms with Crippen LogP contribution in [0.4, 0.5) is 17.6 Å². The van der Waals surface area contributed by atoms with Crippen LogP contribution in [-0.4, -0.2) is 29.0 Å². The van der Waals surface area contributed by atoms with Gasteiger partial charge in [0.1, 0.15) is 12.4 Å². The first kappa shape index (κ1) is 16.2. The summed E-state index contributed by atoms with van der Waals surface area (Å²) in [5.41, 5.74) is -2.27. The summed E-state index contributed by atoms with van der Waals surface area (Å²) in [5, 5.41) is 2.42. The molecule has 1 aromatic carbocycles. The Morgan fingerprint density at radius 1 is 1.41 bits per heavy atom. The van der Waals surface area contributed by atoms with E-state index in [1.807, 2.05) is 0 Å². The van der Waals surface area contributed by atoms with Crippen molar-refractivity contribution in [3.63, 3.8) is 0 Å². The third-order valence-electron chi connectivity index (χ3n) is 2.70. The van der Waals surface area contributed by atoms with Crippen LogP contribution in [0.1, 0.15) is 10.5 Å². The number of rotatable bonds is 2. The lowest BCUT2D eigenvalue weighted by molar-refractivity contribution is -0.142. The number of halogens is 5. The Hall–Kier alpha value is -2.16. The molecule has 10 heteroatoms. The SMILES string of the molecule is COC(=O)c1nn(CC(F)(F)F)c2cc(Cl)c(F)cc2c1=O. The molecule has 0 saturated carbocycles. The van der Waals surface area contributed by atoms with Gasteiger partial charge in [0.15, 0.2) is 0 Å². The number of ether oxygens (including phenoxy) is 1. The normalized spacial score (nSPS) is 11.7. The van der Waals surface area contributed by atoms with Crippen molar-refractivity contribution < 1.29 is 27.1 Å². The number of hydrogen-bond donors (Lipinski definition) is 0. The topological polar surface area (TPSA) is 61.2 Å². The van der Waals surface area contributed by atoms with Crippen LogP contribution in [0.25, 0.3) is 10.9 Å². The summed E-state index contributed by atoms with van der Waals surface area (Å²) in [6.07, 6.45) is -4.68. The fourth-order valence-electron chi connectivity index (χ4n) is 1.80. The van der Waals surface area contributed by atoms with Gasteiger partial charge in [0.2, 0.25) is 11.1 Å². The van der Waals surface area contributed by atoms with E-state index in [9.17, 15) is 27.2 Å². The Labute approximate surface area is 125 Å². The molecular weight excluding hydrogens is 332 g/mol. The van der Waals surface area contributed by atoms with Crippen LogP contribution in [0.5, 0.6) is 0 Å². The fraction of sp³-hybridized carbons (Fsp3) is 0.250. The highest BCUT2D eigenvalue weighted by molar-refractivity contribution is 6.31. The van der Waals surface area contributed by atoms with Gasteiger partial charge < -0.3 is 4.74 Å². The molecule has 0 amide bonds. The van der Waals surface area contributed by atoms with E-state index >= 15 is 0 Å². The number of esters is 1. The van der Waals surface area contributed by atoms with Crippen molar-refractivity contribution in [1.82, 2.24) is 9.78 Å². The van der Waals surface area contributed by atoms with Crippen molar-refractivity contribution >= 4 is 28.5 Å². The lowest BCUT2D eigenvalue weighted by Gasteiger charge is -2.13. The molecule has 0 aliphatic carbocycles. The summed E-state index contributed by atoms with van der Waals surface area (Å²) in [7, 11) is 0.935. The average Bonchev–Trinajstić information content (AvgIpc) is 2.42. The molecular formula is C12H7ClF4N2O3. The Morgan fingerprint density at radius 2 is 2.05 bits per heavy atom. The zero-order valence-electron chi connectivity index (χ0n) is 10.9. The second kappa shape index (κ2) is 5.56. The van der Waals surface area contributed by atoms with Crippen molar-refractivity contribution in [1.29, 1.82) is 0 Å². The molecule has 2 rings (SSSR count). The van der Waals surface area contributed by atoms with E-state index in [1.165, 1.54) is 0 Å². The van der Waals surface area contributed by atoms with Crippen LogP contribution >= 0.6 is 11.6 Å². The summed E-state index contributed by atoms with van der Waals surface area (Å²) in [6.45, 7) is -1.59. The lowest BCUT2D eigenvalue weighted by Crippen LogP contribution is -2.28. The second-order valence-electron chi connectivity index (χ2n) is 4.23. The van der Waals surface area contributed by atoms with E-state index < -0.39 is 46.0 Å². The molecule has 0 aliphatic rings. The van der Waals surface area contributed by atoms with Crippen molar-refractivity contribution in [3.05, 3.63) is 38.9 Å². The highest BCUT2D eigenvalue weighted by atomic mass is 35.5. The van der Waals surface area contributed by atoms with Crippen LogP contribution < -0.4 is 5.43 Å². The Morgan fingerprint density at radius 3 is 2.59 bits per heavy atom. The third kappa shape index (κ3) is 3.03. The molecule has 1 aromatic heterocycles. The quantitative estimate of drug-likeness (QED) is 0.623. The number of methoxy groups -OCH3 is 1. The lowest BCUT2D eigenvalue weighted by atomic mass is 10.2. The predicted octanol–water partition coefficient (Wildman–Crippen LogP) is 2.54. The minimum Gasteiger partial charge on any atom is -0.464 e. The molecule has 0 unspecified atom stereocenters. The van der Waals surface area contributed by atoms with Crippen LogP contribution in [-0.2, 0) is 11.3 Å². The Balaban J connectivity index is 2.86. The van der Waals surface area contributed by atoms with E-state index in [1.54, 1.807) is 0 Å². The van der Waals surface area contributed by atoms with E-state index in [0.717, 1.165) is 13.2 Å². The van der Waals surface area contributed by atoms with Crippen molar-refractivity contribution in [2.45, 2.75) is 12.7 Å².